The molecule has 30 valence electrons. The molecular weight excluding hydrogens is 200 g/mol. The summed E-state index contributed by atoms with van der Waals surface area (Å²) in [6.45, 7) is 0.785. The molecule has 1 rings (SSSR count). The van der Waals surface area contributed by atoms with Crippen molar-refractivity contribution < 1.29 is 4.74 Å². The van der Waals surface area contributed by atoms with E-state index in [1.54, 1.807) is 0 Å². The topological polar surface area (TPSA) is 12.5 Å². The Morgan fingerprint density at radius 2 is 1.80 bits per heavy atom. The smallest absolute Gasteiger partial charge is 0.201 e. The molecule has 0 radical (unpaired) electrons. The van der Waals surface area contributed by atoms with Gasteiger partial charge >= 0.3 is 0 Å². The molecule has 0 aromatic heterocycles. The molecule has 1 fully saturated rings. The summed E-state index contributed by atoms with van der Waals surface area (Å²) in [4.78, 5) is 0. The summed E-state index contributed by atoms with van der Waals surface area (Å²) in [5.74, 6) is 0. The van der Waals surface area contributed by atoms with Crippen LogP contribution in [-0.2, 0) is 4.74 Å². The molecule has 1 aliphatic rings. The lowest BCUT2D eigenvalue weighted by Gasteiger charge is -1.75. The minimum atomic E-state index is -0.125. The summed E-state index contributed by atoms with van der Waals surface area (Å²) in [5.41, 5.74) is 0. The van der Waals surface area contributed by atoms with E-state index in [4.69, 9.17) is 4.74 Å². The van der Waals surface area contributed by atoms with E-state index in [9.17, 15) is 0 Å². The largest absolute Gasteiger partial charge is 0.347 e. The molecule has 0 aromatic rings. The van der Waals surface area contributed by atoms with Crippen molar-refractivity contribution in [3.05, 3.63) is 0 Å². The Balaban J connectivity index is 2.38. The van der Waals surface area contributed by atoms with Crippen LogP contribution in [0.1, 0.15) is 0 Å². The summed E-state index contributed by atoms with van der Waals surface area (Å²) in [6, 6.07) is 0. The van der Waals surface area contributed by atoms with Gasteiger partial charge in [-0.05, 0) is 31.9 Å². The maximum Gasteiger partial charge on any atom is 0.201 e. The van der Waals surface area contributed by atoms with Crippen molar-refractivity contribution >= 4 is 31.9 Å². The molecule has 1 aliphatic heterocycles. The lowest BCUT2D eigenvalue weighted by Crippen LogP contribution is -1.74. The zero-order valence-corrected chi connectivity index (χ0v) is 5.54. The Labute approximate surface area is 46.9 Å². The van der Waals surface area contributed by atoms with Crippen LogP contribution in [0.3, 0.4) is 0 Å². The summed E-state index contributed by atoms with van der Waals surface area (Å²) < 4.78 is 4.60. The van der Waals surface area contributed by atoms with Gasteiger partial charge in [0, 0.05) is 0 Å². The molecule has 0 saturated carbocycles. The Bertz CT molecular complexity index is 45.6. The van der Waals surface area contributed by atoms with E-state index in [1.807, 2.05) is 0 Å². The van der Waals surface area contributed by atoms with Gasteiger partial charge in [-0.1, -0.05) is 0 Å². The molecule has 0 aliphatic carbocycles. The van der Waals surface area contributed by atoms with Gasteiger partial charge in [-0.2, -0.15) is 0 Å². The first-order chi connectivity index (χ1) is 2.21. The lowest BCUT2D eigenvalue weighted by atomic mass is 11.0. The second-order valence-electron chi connectivity index (χ2n) is 0.926. The quantitative estimate of drug-likeness (QED) is 0.427. The number of alkyl halides is 2. The van der Waals surface area contributed by atoms with Crippen LogP contribution >= 0.6 is 31.9 Å². The molecule has 1 heterocycles. The van der Waals surface area contributed by atoms with E-state index in [0.29, 0.717) is 0 Å². The van der Waals surface area contributed by atoms with Crippen LogP contribution in [0.25, 0.3) is 0 Å². The highest BCUT2D eigenvalue weighted by atomic mass is 79.9. The zero-order chi connectivity index (χ0) is 3.91. The predicted octanol–water partition coefficient (Wildman–Crippen LogP) is 1.46. The van der Waals surface area contributed by atoms with Crippen molar-refractivity contribution in [3.8, 4) is 0 Å². The van der Waals surface area contributed by atoms with Gasteiger partial charge in [0.05, 0.1) is 6.61 Å². The highest BCUT2D eigenvalue weighted by molar-refractivity contribution is 9.25. The van der Waals surface area contributed by atoms with Crippen LogP contribution in [0.4, 0.5) is 0 Å². The molecule has 0 atom stereocenters. The van der Waals surface area contributed by atoms with Crippen molar-refractivity contribution in [1.82, 2.24) is 0 Å². The van der Waals surface area contributed by atoms with Crippen LogP contribution in [-0.4, -0.2) is 10.0 Å². The molecule has 0 N–H and O–H groups in total. The Kier molecular flexibility index (Phi) is 0.777. The van der Waals surface area contributed by atoms with Crippen molar-refractivity contribution in [2.24, 2.45) is 0 Å². The minimum Gasteiger partial charge on any atom is -0.347 e. The van der Waals surface area contributed by atoms with Gasteiger partial charge in [0.2, 0.25) is 3.42 Å². The fourth-order valence-electron chi connectivity index (χ4n) is 0.0546. The van der Waals surface area contributed by atoms with Gasteiger partial charge in [0.15, 0.2) is 0 Å². The van der Waals surface area contributed by atoms with Gasteiger partial charge in [0.1, 0.15) is 0 Å². The summed E-state index contributed by atoms with van der Waals surface area (Å²) in [7, 11) is 0. The van der Waals surface area contributed by atoms with Crippen LogP contribution in [0.2, 0.25) is 0 Å². The number of hydrogen-bond donors (Lipinski definition) is 0. The average molecular weight is 202 g/mol. The first kappa shape index (κ1) is 4.09. The maximum absolute atomic E-state index is 4.73. The van der Waals surface area contributed by atoms with Crippen molar-refractivity contribution in [2.45, 2.75) is 3.42 Å². The van der Waals surface area contributed by atoms with E-state index in [0.717, 1.165) is 6.61 Å². The predicted molar refractivity (Wildman–Crippen MR) is 26.5 cm³/mol. The first-order valence-corrected chi connectivity index (χ1v) is 2.81. The molecular formula is C2H2Br2O. The minimum absolute atomic E-state index is 0.125. The second-order valence-corrected chi connectivity index (χ2v) is 4.55. The molecule has 1 saturated heterocycles. The van der Waals surface area contributed by atoms with Crippen LogP contribution in [0.15, 0.2) is 0 Å². The standard InChI is InChI=1S/C2H2Br2O/c3-2(4)1-5-2/h1H2. The van der Waals surface area contributed by atoms with Gasteiger partial charge in [0.25, 0.3) is 0 Å². The van der Waals surface area contributed by atoms with E-state index in [2.05, 4.69) is 31.9 Å². The number of halogens is 2. The highest BCUT2D eigenvalue weighted by Crippen LogP contribution is 2.40. The fourth-order valence-corrected chi connectivity index (χ4v) is 0.283. The lowest BCUT2D eigenvalue weighted by molar-refractivity contribution is 0.452. The van der Waals surface area contributed by atoms with E-state index in [-0.39, 0.29) is 3.42 Å². The molecule has 0 spiro atoms. The third-order valence-electron chi connectivity index (χ3n) is 0.363. The van der Waals surface area contributed by atoms with Gasteiger partial charge in [-0.25, -0.2) is 0 Å². The van der Waals surface area contributed by atoms with Crippen molar-refractivity contribution in [1.29, 1.82) is 0 Å². The van der Waals surface area contributed by atoms with E-state index < -0.39 is 0 Å². The SMILES string of the molecule is BrC1(Br)CO1. The summed E-state index contributed by atoms with van der Waals surface area (Å²) >= 11 is 6.36. The Morgan fingerprint density at radius 1 is 1.60 bits per heavy atom. The Hall–Kier alpha value is 0.920. The second kappa shape index (κ2) is 0.950. The van der Waals surface area contributed by atoms with E-state index >= 15 is 0 Å². The number of hydrogen-bond acceptors (Lipinski definition) is 1. The molecule has 1 nitrogen and oxygen atoms in total. The first-order valence-electron chi connectivity index (χ1n) is 1.22. The normalized spacial score (nSPS) is 30.0. The number of rotatable bonds is 0. The third-order valence-corrected chi connectivity index (χ3v) is 1.28. The van der Waals surface area contributed by atoms with Crippen LogP contribution in [0.5, 0.6) is 0 Å². The van der Waals surface area contributed by atoms with Gasteiger partial charge < -0.3 is 4.74 Å². The number of epoxide rings is 1. The molecule has 0 amide bonds. The fraction of sp³-hybridized carbons (Fsp3) is 1.00. The molecule has 0 aromatic carbocycles. The van der Waals surface area contributed by atoms with E-state index in [1.165, 1.54) is 0 Å². The van der Waals surface area contributed by atoms with Crippen LogP contribution in [0, 0.1) is 0 Å². The summed E-state index contributed by atoms with van der Waals surface area (Å²) in [5, 5.41) is 0. The average Bonchev–Trinajstić information content (AvgIpc) is 1.76. The number of ether oxygens (including phenoxy) is 1. The molecule has 3 heteroatoms. The van der Waals surface area contributed by atoms with Crippen molar-refractivity contribution in [2.75, 3.05) is 6.61 Å². The molecule has 0 unspecified atom stereocenters. The molecule has 0 bridgehead atoms. The maximum atomic E-state index is 4.73. The zero-order valence-electron chi connectivity index (χ0n) is 2.37. The third kappa shape index (κ3) is 1.20. The van der Waals surface area contributed by atoms with Gasteiger partial charge in [-0.15, -0.1) is 0 Å². The van der Waals surface area contributed by atoms with Gasteiger partial charge in [-0.3, -0.25) is 0 Å². The monoisotopic (exact) mass is 200 g/mol. The molecule has 5 heavy (non-hydrogen) atoms. The summed E-state index contributed by atoms with van der Waals surface area (Å²) in [6.07, 6.45) is 0. The van der Waals surface area contributed by atoms with Crippen LogP contribution < -0.4 is 0 Å². The highest BCUT2D eigenvalue weighted by Gasteiger charge is 2.38. The van der Waals surface area contributed by atoms with Crippen molar-refractivity contribution in [3.63, 3.8) is 0 Å². The Morgan fingerprint density at radius 3 is 1.80 bits per heavy atom.